The number of β-lactam (4-membered cyclic amide) rings is 1. The Morgan fingerprint density at radius 3 is 2.52 bits per heavy atom. The molecule has 12 nitrogen and oxygen atoms in total. The first-order chi connectivity index (χ1) is 14.6. The standard InChI is InChI=1S/C17H15ClN4O8S/c18-11-7(1-2-8(23)13(11)26)12(25)14(27)19-22-4-3-21(16(22)30)17(15(28)29)6-20-9(24)5-10(20)31-17/h1-2,10,23,26H,3-6H2,(H,19,27)(H,28,29). The van der Waals surface area contributed by atoms with E-state index in [1.54, 1.807) is 0 Å². The van der Waals surface area contributed by atoms with Gasteiger partial charge in [-0.2, -0.15) is 0 Å². The van der Waals surface area contributed by atoms with Crippen LogP contribution in [0.4, 0.5) is 4.79 Å². The number of phenolic OH excluding ortho intramolecular Hbond substituents is 2. The molecule has 0 radical (unpaired) electrons. The number of Topliss-reactive ketones (excluding diaryl/α,β-unsaturated/α-hetero) is 1. The minimum atomic E-state index is -1.69. The molecule has 4 rings (SSSR count). The smallest absolute Gasteiger partial charge is 0.342 e. The van der Waals surface area contributed by atoms with Gasteiger partial charge in [0.2, 0.25) is 10.8 Å². The van der Waals surface area contributed by atoms with Gasteiger partial charge >= 0.3 is 17.9 Å². The van der Waals surface area contributed by atoms with Crippen molar-refractivity contribution in [2.45, 2.75) is 16.7 Å². The van der Waals surface area contributed by atoms with Gasteiger partial charge in [-0.1, -0.05) is 23.4 Å². The van der Waals surface area contributed by atoms with E-state index in [0.29, 0.717) is 0 Å². The third-order valence-corrected chi connectivity index (χ3v) is 7.28. The second-order valence-electron chi connectivity index (χ2n) is 7.04. The van der Waals surface area contributed by atoms with Crippen molar-refractivity contribution in [1.29, 1.82) is 0 Å². The third-order valence-electron chi connectivity index (χ3n) is 5.29. The maximum Gasteiger partial charge on any atom is 0.342 e. The number of thioether (sulfide) groups is 1. The monoisotopic (exact) mass is 470 g/mol. The summed E-state index contributed by atoms with van der Waals surface area (Å²) in [5.74, 6) is -5.26. The normalized spacial score (nSPS) is 24.8. The largest absolute Gasteiger partial charge is 0.504 e. The van der Waals surface area contributed by atoms with Crippen LogP contribution in [-0.4, -0.2) is 89.6 Å². The van der Waals surface area contributed by atoms with Crippen molar-refractivity contribution in [3.63, 3.8) is 0 Å². The molecule has 31 heavy (non-hydrogen) atoms. The number of carbonyl (C=O) groups excluding carboxylic acids is 4. The van der Waals surface area contributed by atoms with Crippen LogP contribution in [0, 0.1) is 0 Å². The molecular weight excluding hydrogens is 456 g/mol. The number of amides is 4. The van der Waals surface area contributed by atoms with Gasteiger partial charge in [0.15, 0.2) is 11.5 Å². The molecular formula is C17H15ClN4O8S. The van der Waals surface area contributed by atoms with Gasteiger partial charge in [-0.15, -0.1) is 0 Å². The van der Waals surface area contributed by atoms with Gasteiger partial charge in [-0.05, 0) is 12.1 Å². The molecule has 3 saturated heterocycles. The molecule has 4 N–H and O–H groups in total. The number of aliphatic carboxylic acids is 1. The fraction of sp³-hybridized carbons (Fsp3) is 0.353. The van der Waals surface area contributed by atoms with Crippen LogP contribution in [0.15, 0.2) is 12.1 Å². The average Bonchev–Trinajstić information content (AvgIpc) is 3.24. The van der Waals surface area contributed by atoms with E-state index in [1.165, 1.54) is 4.90 Å². The van der Waals surface area contributed by atoms with Crippen LogP contribution in [0.3, 0.4) is 0 Å². The number of ketones is 1. The van der Waals surface area contributed by atoms with Crippen molar-refractivity contribution in [3.8, 4) is 11.5 Å². The zero-order valence-corrected chi connectivity index (χ0v) is 17.1. The quantitative estimate of drug-likeness (QED) is 0.197. The minimum absolute atomic E-state index is 0.0535. The van der Waals surface area contributed by atoms with Crippen molar-refractivity contribution >= 4 is 53.0 Å². The van der Waals surface area contributed by atoms with Crippen LogP contribution in [0.2, 0.25) is 5.02 Å². The predicted octanol–water partition coefficient (Wildman–Crippen LogP) is -0.211. The lowest BCUT2D eigenvalue weighted by Crippen LogP contribution is -2.58. The highest BCUT2D eigenvalue weighted by Crippen LogP contribution is 2.49. The van der Waals surface area contributed by atoms with Gasteiger partial charge in [0.05, 0.1) is 35.5 Å². The molecule has 14 heteroatoms. The highest BCUT2D eigenvalue weighted by molar-refractivity contribution is 8.02. The summed E-state index contributed by atoms with van der Waals surface area (Å²) in [6.07, 6.45) is 0.191. The Morgan fingerprint density at radius 1 is 1.19 bits per heavy atom. The van der Waals surface area contributed by atoms with Gasteiger partial charge in [-0.3, -0.25) is 24.7 Å². The van der Waals surface area contributed by atoms with E-state index in [-0.39, 0.29) is 37.3 Å². The lowest BCUT2D eigenvalue weighted by molar-refractivity contribution is -0.147. The molecule has 1 aromatic rings. The lowest BCUT2D eigenvalue weighted by atomic mass is 10.1. The zero-order valence-electron chi connectivity index (χ0n) is 15.6. The number of rotatable bonds is 5. The number of benzene rings is 1. The molecule has 164 valence electrons. The van der Waals surface area contributed by atoms with E-state index in [1.807, 2.05) is 0 Å². The van der Waals surface area contributed by atoms with Crippen molar-refractivity contribution in [1.82, 2.24) is 20.2 Å². The Labute approximate surface area is 183 Å². The number of nitrogens with one attached hydrogen (secondary N) is 1. The number of carboxylic acid groups (broad SMARTS) is 1. The fourth-order valence-electron chi connectivity index (χ4n) is 3.60. The van der Waals surface area contributed by atoms with Crippen LogP contribution in [0.5, 0.6) is 11.5 Å². The highest BCUT2D eigenvalue weighted by Gasteiger charge is 2.62. The number of aromatic hydroxyl groups is 2. The number of halogens is 1. The number of urea groups is 1. The van der Waals surface area contributed by atoms with Gasteiger partial charge in [-0.25, -0.2) is 14.6 Å². The SMILES string of the molecule is O=C(NN1CCN(C2(C(=O)O)CN3C(=O)CC3S2)C1=O)C(=O)c1ccc(O)c(O)c1Cl. The molecule has 3 heterocycles. The number of hydrazine groups is 1. The number of carbonyl (C=O) groups is 5. The third kappa shape index (κ3) is 3.11. The molecule has 2 unspecified atom stereocenters. The first-order valence-corrected chi connectivity index (χ1v) is 10.2. The van der Waals surface area contributed by atoms with Gasteiger partial charge in [0.1, 0.15) is 0 Å². The summed E-state index contributed by atoms with van der Waals surface area (Å²) in [6, 6.07) is 1.17. The average molecular weight is 471 g/mol. The molecule has 0 spiro atoms. The van der Waals surface area contributed by atoms with Crippen LogP contribution < -0.4 is 5.43 Å². The molecule has 0 bridgehead atoms. The van der Waals surface area contributed by atoms with Crippen molar-refractivity contribution in [3.05, 3.63) is 22.7 Å². The van der Waals surface area contributed by atoms with Crippen LogP contribution >= 0.6 is 23.4 Å². The molecule has 2 atom stereocenters. The van der Waals surface area contributed by atoms with E-state index >= 15 is 0 Å². The lowest BCUT2D eigenvalue weighted by Gasteiger charge is -2.33. The van der Waals surface area contributed by atoms with Gasteiger partial charge in [0, 0.05) is 6.54 Å². The molecule has 1 aromatic carbocycles. The Kier molecular flexibility index (Phi) is 4.89. The van der Waals surface area contributed by atoms with Crippen LogP contribution in [-0.2, 0) is 14.4 Å². The molecule has 3 aliphatic heterocycles. The van der Waals surface area contributed by atoms with Gasteiger partial charge in [0.25, 0.3) is 5.78 Å². The number of fused-ring (bicyclic) bond motifs is 1. The number of hydrogen-bond acceptors (Lipinski definition) is 8. The number of nitrogens with zero attached hydrogens (tertiary/aromatic N) is 3. The molecule has 3 fully saturated rings. The van der Waals surface area contributed by atoms with Crippen LogP contribution in [0.25, 0.3) is 0 Å². The zero-order chi connectivity index (χ0) is 22.7. The topological polar surface area (TPSA) is 168 Å². The van der Waals surface area contributed by atoms with Crippen LogP contribution in [0.1, 0.15) is 16.8 Å². The maximum absolute atomic E-state index is 12.8. The first kappa shape index (κ1) is 21.1. The molecule has 0 aromatic heterocycles. The van der Waals surface area contributed by atoms with Crippen molar-refractivity contribution in [2.75, 3.05) is 19.6 Å². The molecule has 3 aliphatic rings. The van der Waals surface area contributed by atoms with E-state index in [4.69, 9.17) is 11.6 Å². The van der Waals surface area contributed by atoms with Crippen molar-refractivity contribution < 1.29 is 39.3 Å². The van der Waals surface area contributed by atoms with E-state index < -0.39 is 50.6 Å². The Morgan fingerprint density at radius 2 is 1.90 bits per heavy atom. The summed E-state index contributed by atoms with van der Waals surface area (Å²) in [4.78, 5) is 62.0. The Bertz CT molecular complexity index is 1050. The Hall–Kier alpha value is -3.19. The van der Waals surface area contributed by atoms with E-state index in [2.05, 4.69) is 5.43 Å². The van der Waals surface area contributed by atoms with Crippen molar-refractivity contribution in [2.24, 2.45) is 0 Å². The van der Waals surface area contributed by atoms with E-state index in [0.717, 1.165) is 33.8 Å². The minimum Gasteiger partial charge on any atom is -0.504 e. The number of phenols is 2. The predicted molar refractivity (Wildman–Crippen MR) is 104 cm³/mol. The highest BCUT2D eigenvalue weighted by atomic mass is 35.5. The second kappa shape index (κ2) is 7.20. The summed E-state index contributed by atoms with van der Waals surface area (Å²) >= 11 is 6.78. The molecule has 0 saturated carbocycles. The fourth-order valence-corrected chi connectivity index (χ4v) is 5.45. The van der Waals surface area contributed by atoms with Gasteiger partial charge < -0.3 is 20.2 Å². The second-order valence-corrected chi connectivity index (χ2v) is 8.87. The number of carboxylic acids is 1. The number of hydrogen-bond donors (Lipinski definition) is 4. The summed E-state index contributed by atoms with van der Waals surface area (Å²) in [7, 11) is 0. The summed E-state index contributed by atoms with van der Waals surface area (Å²) in [5.41, 5.74) is 1.72. The van der Waals surface area contributed by atoms with E-state index in [9.17, 15) is 39.3 Å². The molecule has 0 aliphatic carbocycles. The summed E-state index contributed by atoms with van der Waals surface area (Å²) < 4.78 is 0. The summed E-state index contributed by atoms with van der Waals surface area (Å²) in [6.45, 7) is -0.325. The Balaban J connectivity index is 1.49. The molecule has 4 amide bonds. The first-order valence-electron chi connectivity index (χ1n) is 8.92. The summed E-state index contributed by atoms with van der Waals surface area (Å²) in [5, 5.41) is 28.8. The maximum atomic E-state index is 12.8.